The van der Waals surface area contributed by atoms with Gasteiger partial charge in [-0.3, -0.25) is 14.5 Å². The second-order valence-corrected chi connectivity index (χ2v) is 9.86. The minimum atomic E-state index is -0.00774. The van der Waals surface area contributed by atoms with E-state index in [1.54, 1.807) is 0 Å². The van der Waals surface area contributed by atoms with Crippen molar-refractivity contribution in [2.75, 3.05) is 39.3 Å². The van der Waals surface area contributed by atoms with Crippen LogP contribution in [0.2, 0.25) is 0 Å². The van der Waals surface area contributed by atoms with Gasteiger partial charge in [0.1, 0.15) is 0 Å². The molecule has 36 heavy (non-hydrogen) atoms. The number of benzene rings is 3. The molecule has 0 radical (unpaired) electrons. The number of fused-ring (bicyclic) bond motifs is 1. The summed E-state index contributed by atoms with van der Waals surface area (Å²) in [7, 11) is 0. The number of carbonyl (C=O) groups excluding carboxylic acids is 2. The second kappa shape index (κ2) is 10.9. The van der Waals surface area contributed by atoms with Crippen molar-refractivity contribution in [2.45, 2.75) is 25.8 Å². The highest BCUT2D eigenvalue weighted by Gasteiger charge is 2.31. The number of likely N-dealkylation sites (tertiary alicyclic amines) is 1. The quantitative estimate of drug-likeness (QED) is 0.559. The van der Waals surface area contributed by atoms with Crippen LogP contribution in [0, 0.1) is 17.2 Å². The summed E-state index contributed by atoms with van der Waals surface area (Å²) >= 11 is 0. The summed E-state index contributed by atoms with van der Waals surface area (Å²) in [5.74, 6) is 0.296. The maximum atomic E-state index is 13.3. The first kappa shape index (κ1) is 24.0. The van der Waals surface area contributed by atoms with Gasteiger partial charge in [-0.2, -0.15) is 5.26 Å². The van der Waals surface area contributed by atoms with Crippen LogP contribution >= 0.6 is 0 Å². The van der Waals surface area contributed by atoms with Gasteiger partial charge < -0.3 is 9.80 Å². The summed E-state index contributed by atoms with van der Waals surface area (Å²) < 4.78 is 0. The zero-order valence-electron chi connectivity index (χ0n) is 20.6. The molecule has 2 aliphatic heterocycles. The van der Waals surface area contributed by atoms with Crippen LogP contribution in [-0.2, 0) is 11.3 Å². The van der Waals surface area contributed by atoms with Crippen molar-refractivity contribution < 1.29 is 9.59 Å². The number of nitriles is 1. The summed E-state index contributed by atoms with van der Waals surface area (Å²) in [6.45, 7) is 5.42. The van der Waals surface area contributed by atoms with Gasteiger partial charge in [0.15, 0.2) is 0 Å². The van der Waals surface area contributed by atoms with Crippen LogP contribution in [0.5, 0.6) is 0 Å². The zero-order valence-corrected chi connectivity index (χ0v) is 20.6. The lowest BCUT2D eigenvalue weighted by atomic mass is 9.94. The van der Waals surface area contributed by atoms with E-state index in [-0.39, 0.29) is 17.7 Å². The first-order valence-corrected chi connectivity index (χ1v) is 12.9. The van der Waals surface area contributed by atoms with Gasteiger partial charge in [0.25, 0.3) is 5.91 Å². The predicted octanol–water partition coefficient (Wildman–Crippen LogP) is 4.30. The number of hydrogen-bond acceptors (Lipinski definition) is 4. The van der Waals surface area contributed by atoms with E-state index >= 15 is 0 Å². The van der Waals surface area contributed by atoms with Gasteiger partial charge in [-0.25, -0.2) is 0 Å². The van der Waals surface area contributed by atoms with Gasteiger partial charge in [0, 0.05) is 57.3 Å². The van der Waals surface area contributed by atoms with E-state index in [0.29, 0.717) is 18.7 Å². The van der Waals surface area contributed by atoms with Crippen LogP contribution < -0.4 is 0 Å². The molecule has 0 bridgehead atoms. The van der Waals surface area contributed by atoms with Crippen LogP contribution in [0.4, 0.5) is 0 Å². The maximum absolute atomic E-state index is 13.3. The molecule has 6 nitrogen and oxygen atoms in total. The van der Waals surface area contributed by atoms with E-state index < -0.39 is 0 Å². The average Bonchev–Trinajstić information content (AvgIpc) is 3.18. The normalized spacial score (nSPS) is 17.5. The summed E-state index contributed by atoms with van der Waals surface area (Å²) in [5.41, 5.74) is 2.61. The molecule has 0 N–H and O–H groups in total. The molecular weight excluding hydrogens is 448 g/mol. The molecule has 0 aliphatic carbocycles. The van der Waals surface area contributed by atoms with Crippen molar-refractivity contribution >= 4 is 22.6 Å². The Morgan fingerprint density at radius 1 is 0.806 bits per heavy atom. The Kier molecular flexibility index (Phi) is 7.29. The van der Waals surface area contributed by atoms with Crippen molar-refractivity contribution in [2.24, 2.45) is 5.92 Å². The van der Waals surface area contributed by atoms with Crippen molar-refractivity contribution in [3.8, 4) is 6.07 Å². The average molecular weight is 481 g/mol. The Balaban J connectivity index is 1.14. The predicted molar refractivity (Wildman–Crippen MR) is 140 cm³/mol. The third-order valence-corrected chi connectivity index (χ3v) is 7.54. The zero-order chi connectivity index (χ0) is 24.9. The van der Waals surface area contributed by atoms with Gasteiger partial charge in [-0.05, 0) is 53.8 Å². The van der Waals surface area contributed by atoms with Crippen LogP contribution in [0.3, 0.4) is 0 Å². The first-order chi connectivity index (χ1) is 17.6. The Hall–Kier alpha value is -3.69. The molecule has 3 aromatic carbocycles. The highest BCUT2D eigenvalue weighted by molar-refractivity contribution is 6.07. The molecular formula is C30H32N4O2. The number of piperidine rings is 1. The molecule has 0 atom stereocenters. The molecule has 2 aliphatic rings. The Bertz CT molecular complexity index is 1270. The minimum Gasteiger partial charge on any atom is -0.341 e. The third kappa shape index (κ3) is 5.27. The number of hydrogen-bond donors (Lipinski definition) is 0. The van der Waals surface area contributed by atoms with E-state index in [2.05, 4.69) is 11.0 Å². The second-order valence-electron chi connectivity index (χ2n) is 9.86. The molecule has 2 fully saturated rings. The Labute approximate surface area is 212 Å². The number of rotatable bonds is 4. The van der Waals surface area contributed by atoms with Crippen molar-refractivity contribution in [3.63, 3.8) is 0 Å². The molecule has 0 spiro atoms. The van der Waals surface area contributed by atoms with E-state index in [1.165, 1.54) is 5.56 Å². The monoisotopic (exact) mass is 480 g/mol. The largest absolute Gasteiger partial charge is 0.341 e. The molecule has 184 valence electrons. The molecule has 2 amide bonds. The molecule has 5 rings (SSSR count). The Morgan fingerprint density at radius 3 is 2.33 bits per heavy atom. The summed E-state index contributed by atoms with van der Waals surface area (Å²) in [6.07, 6.45) is 2.40. The minimum absolute atomic E-state index is 0.00774. The molecule has 6 heteroatoms. The molecule has 2 saturated heterocycles. The van der Waals surface area contributed by atoms with Gasteiger partial charge in [-0.15, -0.1) is 0 Å². The van der Waals surface area contributed by atoms with Crippen LogP contribution in [-0.4, -0.2) is 65.8 Å². The van der Waals surface area contributed by atoms with Gasteiger partial charge in [0.05, 0.1) is 11.6 Å². The van der Waals surface area contributed by atoms with Crippen LogP contribution in [0.15, 0.2) is 66.7 Å². The fourth-order valence-electron chi connectivity index (χ4n) is 5.46. The first-order valence-electron chi connectivity index (χ1n) is 12.9. The van der Waals surface area contributed by atoms with E-state index in [0.717, 1.165) is 68.3 Å². The lowest BCUT2D eigenvalue weighted by Gasteiger charge is -2.34. The molecule has 0 aromatic heterocycles. The molecule has 0 saturated carbocycles. The summed E-state index contributed by atoms with van der Waals surface area (Å²) in [4.78, 5) is 32.9. The highest BCUT2D eigenvalue weighted by atomic mass is 16.2. The standard InChI is InChI=1S/C30H32N4O2/c31-21-23-9-11-24(12-10-23)22-32-15-4-16-33(20-19-32)29(35)26-13-17-34(18-14-26)30(36)28-8-3-6-25-5-1-2-7-27(25)28/h1-3,5-12,26H,4,13-20,22H2. The Morgan fingerprint density at radius 2 is 1.56 bits per heavy atom. The van der Waals surface area contributed by atoms with Gasteiger partial charge in [-0.1, -0.05) is 48.5 Å². The van der Waals surface area contributed by atoms with Crippen molar-refractivity contribution in [1.82, 2.24) is 14.7 Å². The van der Waals surface area contributed by atoms with Crippen molar-refractivity contribution in [3.05, 3.63) is 83.4 Å². The summed E-state index contributed by atoms with van der Waals surface area (Å²) in [5, 5.41) is 11.0. The maximum Gasteiger partial charge on any atom is 0.254 e. The van der Waals surface area contributed by atoms with E-state index in [4.69, 9.17) is 5.26 Å². The highest BCUT2D eigenvalue weighted by Crippen LogP contribution is 2.25. The molecule has 3 aromatic rings. The van der Waals surface area contributed by atoms with Crippen molar-refractivity contribution in [1.29, 1.82) is 5.26 Å². The van der Waals surface area contributed by atoms with Gasteiger partial charge >= 0.3 is 0 Å². The van der Waals surface area contributed by atoms with Crippen LogP contribution in [0.25, 0.3) is 10.8 Å². The third-order valence-electron chi connectivity index (χ3n) is 7.54. The topological polar surface area (TPSA) is 67.7 Å². The fraction of sp³-hybridized carbons (Fsp3) is 0.367. The smallest absolute Gasteiger partial charge is 0.254 e. The molecule has 2 heterocycles. The number of amides is 2. The lowest BCUT2D eigenvalue weighted by Crippen LogP contribution is -2.45. The van der Waals surface area contributed by atoms with E-state index in [9.17, 15) is 9.59 Å². The SMILES string of the molecule is N#Cc1ccc(CN2CCCN(C(=O)C3CCN(C(=O)c4cccc5ccccc45)CC3)CC2)cc1. The fourth-order valence-corrected chi connectivity index (χ4v) is 5.46. The number of carbonyl (C=O) groups is 2. The summed E-state index contributed by atoms with van der Waals surface area (Å²) in [6, 6.07) is 23.8. The van der Waals surface area contributed by atoms with Gasteiger partial charge in [0.2, 0.25) is 5.91 Å². The number of nitrogens with zero attached hydrogens (tertiary/aromatic N) is 4. The molecule has 0 unspecified atom stereocenters. The van der Waals surface area contributed by atoms with E-state index in [1.807, 2.05) is 76.5 Å². The lowest BCUT2D eigenvalue weighted by molar-refractivity contribution is -0.136. The van der Waals surface area contributed by atoms with Crippen LogP contribution in [0.1, 0.15) is 40.7 Å².